The average Bonchev–Trinajstić information content (AvgIpc) is 2.16. The lowest BCUT2D eigenvalue weighted by Crippen LogP contribution is -2.45. The van der Waals surface area contributed by atoms with Crippen molar-refractivity contribution in [3.05, 3.63) is 0 Å². The summed E-state index contributed by atoms with van der Waals surface area (Å²) in [6, 6.07) is 0. The second kappa shape index (κ2) is 5.50. The lowest BCUT2D eigenvalue weighted by molar-refractivity contribution is -0.123. The van der Waals surface area contributed by atoms with Gasteiger partial charge in [0.25, 0.3) is 0 Å². The standard InChI is InChI=1S/C12H23NO/c1-4-5-6-11-7-13-8-12(9(11)2)10(3)14/h9,11-13H,4-8H2,1-3H3. The third kappa shape index (κ3) is 2.81. The molecule has 0 radical (unpaired) electrons. The molecule has 0 amide bonds. The minimum atomic E-state index is 0.255. The van der Waals surface area contributed by atoms with Gasteiger partial charge in [0.2, 0.25) is 0 Å². The normalized spacial score (nSPS) is 32.9. The molecule has 1 aliphatic heterocycles. The van der Waals surface area contributed by atoms with Crippen molar-refractivity contribution in [3.8, 4) is 0 Å². The Bertz CT molecular complexity index is 191. The van der Waals surface area contributed by atoms with E-state index in [9.17, 15) is 4.79 Å². The number of nitrogens with one attached hydrogen (secondary N) is 1. The molecule has 2 heteroatoms. The fourth-order valence-corrected chi connectivity index (χ4v) is 2.47. The molecule has 1 rings (SSSR count). The lowest BCUT2D eigenvalue weighted by atomic mass is 9.76. The van der Waals surface area contributed by atoms with E-state index in [4.69, 9.17) is 0 Å². The molecule has 2 nitrogen and oxygen atoms in total. The first-order valence-electron chi connectivity index (χ1n) is 5.88. The highest BCUT2D eigenvalue weighted by Crippen LogP contribution is 2.28. The lowest BCUT2D eigenvalue weighted by Gasteiger charge is -2.35. The number of carbonyl (C=O) groups excluding carboxylic acids is 1. The van der Waals surface area contributed by atoms with Crippen molar-refractivity contribution >= 4 is 5.78 Å². The third-order valence-corrected chi connectivity index (χ3v) is 3.60. The molecule has 0 saturated carbocycles. The van der Waals surface area contributed by atoms with Gasteiger partial charge in [-0.05, 0) is 31.7 Å². The summed E-state index contributed by atoms with van der Waals surface area (Å²) in [5.74, 6) is 1.88. The van der Waals surface area contributed by atoms with Crippen molar-refractivity contribution in [1.29, 1.82) is 0 Å². The number of carbonyl (C=O) groups is 1. The van der Waals surface area contributed by atoms with Crippen molar-refractivity contribution in [2.75, 3.05) is 13.1 Å². The molecule has 1 aliphatic rings. The van der Waals surface area contributed by atoms with Crippen LogP contribution in [-0.2, 0) is 4.79 Å². The van der Waals surface area contributed by atoms with Crippen LogP contribution in [-0.4, -0.2) is 18.9 Å². The number of rotatable bonds is 4. The van der Waals surface area contributed by atoms with Gasteiger partial charge in [-0.1, -0.05) is 26.7 Å². The van der Waals surface area contributed by atoms with Crippen LogP contribution >= 0.6 is 0 Å². The summed E-state index contributed by atoms with van der Waals surface area (Å²) >= 11 is 0. The van der Waals surface area contributed by atoms with Crippen LogP contribution in [0.3, 0.4) is 0 Å². The van der Waals surface area contributed by atoms with Gasteiger partial charge >= 0.3 is 0 Å². The van der Waals surface area contributed by atoms with Crippen molar-refractivity contribution < 1.29 is 4.79 Å². The Labute approximate surface area is 87.5 Å². The number of piperidine rings is 1. The van der Waals surface area contributed by atoms with Crippen LogP contribution in [0, 0.1) is 17.8 Å². The van der Waals surface area contributed by atoms with E-state index in [0.717, 1.165) is 13.1 Å². The van der Waals surface area contributed by atoms with Gasteiger partial charge in [0, 0.05) is 12.5 Å². The van der Waals surface area contributed by atoms with Gasteiger partial charge in [-0.3, -0.25) is 4.79 Å². The van der Waals surface area contributed by atoms with E-state index in [0.29, 0.717) is 17.6 Å². The van der Waals surface area contributed by atoms with Crippen LogP contribution in [0.4, 0.5) is 0 Å². The summed E-state index contributed by atoms with van der Waals surface area (Å²) in [6.45, 7) is 8.19. The first-order valence-corrected chi connectivity index (χ1v) is 5.88. The number of hydrogen-bond acceptors (Lipinski definition) is 2. The van der Waals surface area contributed by atoms with Gasteiger partial charge in [-0.25, -0.2) is 0 Å². The van der Waals surface area contributed by atoms with E-state index in [1.165, 1.54) is 19.3 Å². The first kappa shape index (κ1) is 11.7. The van der Waals surface area contributed by atoms with Crippen LogP contribution in [0.2, 0.25) is 0 Å². The Morgan fingerprint density at radius 2 is 2.14 bits per heavy atom. The molecular formula is C12H23NO. The summed E-state index contributed by atoms with van der Waals surface area (Å²) in [4.78, 5) is 11.4. The fourth-order valence-electron chi connectivity index (χ4n) is 2.47. The average molecular weight is 197 g/mol. The molecule has 1 fully saturated rings. The maximum atomic E-state index is 11.4. The van der Waals surface area contributed by atoms with E-state index in [2.05, 4.69) is 19.2 Å². The quantitative estimate of drug-likeness (QED) is 0.749. The third-order valence-electron chi connectivity index (χ3n) is 3.60. The Hall–Kier alpha value is -0.370. The van der Waals surface area contributed by atoms with E-state index in [1.54, 1.807) is 6.92 Å². The molecule has 0 bridgehead atoms. The number of hydrogen-bond donors (Lipinski definition) is 1. The van der Waals surface area contributed by atoms with Crippen molar-refractivity contribution in [2.45, 2.75) is 40.0 Å². The van der Waals surface area contributed by atoms with Crippen LogP contribution in [0.5, 0.6) is 0 Å². The van der Waals surface area contributed by atoms with E-state index < -0.39 is 0 Å². The molecule has 0 aliphatic carbocycles. The molecular weight excluding hydrogens is 174 g/mol. The summed E-state index contributed by atoms with van der Waals surface area (Å²) in [5, 5.41) is 3.38. The SMILES string of the molecule is CCCCC1CNCC(C(C)=O)C1C. The molecule has 1 saturated heterocycles. The van der Waals surface area contributed by atoms with Gasteiger partial charge in [0.15, 0.2) is 0 Å². The smallest absolute Gasteiger partial charge is 0.134 e. The minimum absolute atomic E-state index is 0.255. The van der Waals surface area contributed by atoms with Gasteiger partial charge in [0.1, 0.15) is 5.78 Å². The molecule has 3 unspecified atom stereocenters. The van der Waals surface area contributed by atoms with Gasteiger partial charge < -0.3 is 5.32 Å². The topological polar surface area (TPSA) is 29.1 Å². The zero-order valence-electron chi connectivity index (χ0n) is 9.68. The Morgan fingerprint density at radius 3 is 2.71 bits per heavy atom. The fraction of sp³-hybridized carbons (Fsp3) is 0.917. The summed E-state index contributed by atoms with van der Waals surface area (Å²) < 4.78 is 0. The molecule has 0 aromatic rings. The van der Waals surface area contributed by atoms with Crippen LogP contribution in [0.1, 0.15) is 40.0 Å². The predicted octanol–water partition coefficient (Wildman–Crippen LogP) is 2.24. The Balaban J connectivity index is 2.48. The highest BCUT2D eigenvalue weighted by atomic mass is 16.1. The second-order valence-corrected chi connectivity index (χ2v) is 4.64. The molecule has 0 aromatic heterocycles. The highest BCUT2D eigenvalue weighted by Gasteiger charge is 2.31. The van der Waals surface area contributed by atoms with E-state index in [-0.39, 0.29) is 5.92 Å². The zero-order chi connectivity index (χ0) is 10.6. The van der Waals surface area contributed by atoms with Crippen molar-refractivity contribution in [1.82, 2.24) is 5.32 Å². The first-order chi connectivity index (χ1) is 6.66. The maximum absolute atomic E-state index is 11.4. The van der Waals surface area contributed by atoms with Crippen LogP contribution in [0.25, 0.3) is 0 Å². The number of Topliss-reactive ketones (excluding diaryl/α,β-unsaturated/α-hetero) is 1. The van der Waals surface area contributed by atoms with E-state index in [1.807, 2.05) is 0 Å². The van der Waals surface area contributed by atoms with Crippen LogP contribution in [0.15, 0.2) is 0 Å². The predicted molar refractivity (Wildman–Crippen MR) is 59.2 cm³/mol. The summed E-state index contributed by atoms with van der Waals surface area (Å²) in [6.07, 6.45) is 3.82. The van der Waals surface area contributed by atoms with Crippen molar-refractivity contribution in [3.63, 3.8) is 0 Å². The van der Waals surface area contributed by atoms with Gasteiger partial charge in [0.05, 0.1) is 0 Å². The zero-order valence-corrected chi connectivity index (χ0v) is 9.68. The van der Waals surface area contributed by atoms with E-state index >= 15 is 0 Å². The molecule has 1 heterocycles. The molecule has 14 heavy (non-hydrogen) atoms. The highest BCUT2D eigenvalue weighted by molar-refractivity contribution is 5.79. The number of ketones is 1. The molecule has 3 atom stereocenters. The maximum Gasteiger partial charge on any atom is 0.134 e. The number of unbranched alkanes of at least 4 members (excludes halogenated alkanes) is 1. The van der Waals surface area contributed by atoms with Crippen molar-refractivity contribution in [2.24, 2.45) is 17.8 Å². The molecule has 1 N–H and O–H groups in total. The molecule has 82 valence electrons. The monoisotopic (exact) mass is 197 g/mol. The van der Waals surface area contributed by atoms with Crippen LogP contribution < -0.4 is 5.32 Å². The Morgan fingerprint density at radius 1 is 1.43 bits per heavy atom. The largest absolute Gasteiger partial charge is 0.316 e. The molecule has 0 aromatic carbocycles. The van der Waals surface area contributed by atoms with Gasteiger partial charge in [-0.2, -0.15) is 0 Å². The minimum Gasteiger partial charge on any atom is -0.316 e. The van der Waals surface area contributed by atoms with Gasteiger partial charge in [-0.15, -0.1) is 0 Å². The Kier molecular flexibility index (Phi) is 4.59. The molecule has 0 spiro atoms. The summed E-state index contributed by atoms with van der Waals surface area (Å²) in [5.41, 5.74) is 0. The summed E-state index contributed by atoms with van der Waals surface area (Å²) in [7, 11) is 0. The second-order valence-electron chi connectivity index (χ2n) is 4.64.